The van der Waals surface area contributed by atoms with Crippen LogP contribution in [0.25, 0.3) is 0 Å². The number of nitrogens with zero attached hydrogens (tertiary/aromatic N) is 1. The molecule has 0 heterocycles. The molecule has 0 aliphatic carbocycles. The normalized spacial score (nSPS) is 11.4. The summed E-state index contributed by atoms with van der Waals surface area (Å²) in [5.74, 6) is 0.236. The zero-order valence-electron chi connectivity index (χ0n) is 14.0. The number of aryl methyl sites for hydroxylation is 1. The minimum Gasteiger partial charge on any atom is -0.497 e. The number of carbonyl (C=O) groups is 1. The lowest BCUT2D eigenvalue weighted by Gasteiger charge is -2.14. The molecule has 1 amide bonds. The average molecular weight is 348 g/mol. The highest BCUT2D eigenvalue weighted by Gasteiger charge is 2.19. The van der Waals surface area contributed by atoms with E-state index in [1.807, 2.05) is 0 Å². The first-order valence-electron chi connectivity index (χ1n) is 7.24. The van der Waals surface area contributed by atoms with E-state index in [2.05, 4.69) is 5.32 Å². The van der Waals surface area contributed by atoms with Crippen molar-refractivity contribution < 1.29 is 17.9 Å². The highest BCUT2D eigenvalue weighted by Crippen LogP contribution is 2.23. The van der Waals surface area contributed by atoms with Gasteiger partial charge in [-0.05, 0) is 42.8 Å². The summed E-state index contributed by atoms with van der Waals surface area (Å²) in [7, 11) is 0.883. The van der Waals surface area contributed by atoms with E-state index in [-0.39, 0.29) is 10.8 Å². The van der Waals surface area contributed by atoms with Gasteiger partial charge in [-0.25, -0.2) is 12.7 Å². The van der Waals surface area contributed by atoms with E-state index in [1.165, 1.54) is 33.3 Å². The van der Waals surface area contributed by atoms with Crippen molar-refractivity contribution in [3.05, 3.63) is 53.6 Å². The third-order valence-corrected chi connectivity index (χ3v) is 5.38. The number of nitrogens with one attached hydrogen (secondary N) is 1. The summed E-state index contributed by atoms with van der Waals surface area (Å²) in [6.07, 6.45) is 0. The van der Waals surface area contributed by atoms with Gasteiger partial charge in [-0.15, -0.1) is 0 Å². The molecule has 0 aliphatic rings. The standard InChI is InChI=1S/C17H20N2O4S/c1-12-8-9-15(24(21,22)19(2)3)11-16(12)18-17(20)13-6-5-7-14(10-13)23-4/h5-11H,1-4H3,(H,18,20). The van der Waals surface area contributed by atoms with E-state index in [4.69, 9.17) is 4.74 Å². The summed E-state index contributed by atoms with van der Waals surface area (Å²) in [6, 6.07) is 11.4. The molecule has 2 aromatic carbocycles. The highest BCUT2D eigenvalue weighted by atomic mass is 32.2. The third kappa shape index (κ3) is 3.74. The van der Waals surface area contributed by atoms with Gasteiger partial charge < -0.3 is 10.1 Å². The Labute approximate surface area is 142 Å². The lowest BCUT2D eigenvalue weighted by Crippen LogP contribution is -2.22. The SMILES string of the molecule is COc1cccc(C(=O)Nc2cc(S(=O)(=O)N(C)C)ccc2C)c1. The molecule has 7 heteroatoms. The Kier molecular flexibility index (Phi) is 5.26. The minimum atomic E-state index is -3.57. The van der Waals surface area contributed by atoms with Crippen LogP contribution in [-0.2, 0) is 10.0 Å². The number of hydrogen-bond acceptors (Lipinski definition) is 4. The molecule has 0 aliphatic heterocycles. The van der Waals surface area contributed by atoms with E-state index in [1.54, 1.807) is 37.3 Å². The van der Waals surface area contributed by atoms with Crippen molar-refractivity contribution in [2.75, 3.05) is 26.5 Å². The first kappa shape index (κ1) is 18.0. The quantitative estimate of drug-likeness (QED) is 0.901. The van der Waals surface area contributed by atoms with Crippen LogP contribution in [0, 0.1) is 6.92 Å². The summed E-state index contributed by atoms with van der Waals surface area (Å²) in [6.45, 7) is 1.80. The fourth-order valence-corrected chi connectivity index (χ4v) is 2.99. The van der Waals surface area contributed by atoms with Crippen LogP contribution in [0.4, 0.5) is 5.69 Å². The van der Waals surface area contributed by atoms with Crippen molar-refractivity contribution in [2.24, 2.45) is 0 Å². The molecule has 0 spiro atoms. The predicted octanol–water partition coefficient (Wildman–Crippen LogP) is 2.51. The van der Waals surface area contributed by atoms with Gasteiger partial charge in [0.2, 0.25) is 10.0 Å². The van der Waals surface area contributed by atoms with E-state index in [0.29, 0.717) is 17.0 Å². The van der Waals surface area contributed by atoms with Gasteiger partial charge in [0.05, 0.1) is 12.0 Å². The smallest absolute Gasteiger partial charge is 0.255 e. The Morgan fingerprint density at radius 2 is 1.83 bits per heavy atom. The monoisotopic (exact) mass is 348 g/mol. The van der Waals surface area contributed by atoms with Gasteiger partial charge >= 0.3 is 0 Å². The van der Waals surface area contributed by atoms with Crippen molar-refractivity contribution in [1.29, 1.82) is 0 Å². The van der Waals surface area contributed by atoms with Gasteiger partial charge in [0.1, 0.15) is 5.75 Å². The highest BCUT2D eigenvalue weighted by molar-refractivity contribution is 7.89. The zero-order chi connectivity index (χ0) is 17.9. The summed E-state index contributed by atoms with van der Waals surface area (Å²) < 4.78 is 30.7. The van der Waals surface area contributed by atoms with Gasteiger partial charge in [0.25, 0.3) is 5.91 Å². The van der Waals surface area contributed by atoms with Crippen LogP contribution in [-0.4, -0.2) is 39.8 Å². The van der Waals surface area contributed by atoms with Crippen LogP contribution in [0.1, 0.15) is 15.9 Å². The fraction of sp³-hybridized carbons (Fsp3) is 0.235. The molecule has 6 nitrogen and oxygen atoms in total. The Bertz CT molecular complexity index is 861. The van der Waals surface area contributed by atoms with Crippen molar-refractivity contribution in [3.8, 4) is 5.75 Å². The Hall–Kier alpha value is -2.38. The maximum Gasteiger partial charge on any atom is 0.255 e. The second-order valence-corrected chi connectivity index (χ2v) is 7.60. The van der Waals surface area contributed by atoms with E-state index < -0.39 is 10.0 Å². The van der Waals surface area contributed by atoms with Crippen LogP contribution in [0.2, 0.25) is 0 Å². The fourth-order valence-electron chi connectivity index (χ4n) is 2.07. The molecular weight excluding hydrogens is 328 g/mol. The number of benzene rings is 2. The number of sulfonamides is 1. The molecule has 0 saturated heterocycles. The second kappa shape index (κ2) is 7.02. The molecular formula is C17H20N2O4S. The minimum absolute atomic E-state index is 0.124. The maximum atomic E-state index is 12.4. The molecule has 0 radical (unpaired) electrons. The first-order valence-corrected chi connectivity index (χ1v) is 8.68. The zero-order valence-corrected chi connectivity index (χ0v) is 14.8. The van der Waals surface area contributed by atoms with Gasteiger partial charge in [0.15, 0.2) is 0 Å². The summed E-state index contributed by atoms with van der Waals surface area (Å²) in [5, 5.41) is 2.75. The summed E-state index contributed by atoms with van der Waals surface area (Å²) in [4.78, 5) is 12.5. The molecule has 0 unspecified atom stereocenters. The van der Waals surface area contributed by atoms with Crippen molar-refractivity contribution in [1.82, 2.24) is 4.31 Å². The van der Waals surface area contributed by atoms with E-state index >= 15 is 0 Å². The van der Waals surface area contributed by atoms with Gasteiger partial charge in [-0.2, -0.15) is 0 Å². The van der Waals surface area contributed by atoms with E-state index in [0.717, 1.165) is 9.87 Å². The molecule has 0 saturated carbocycles. The topological polar surface area (TPSA) is 75.7 Å². The largest absolute Gasteiger partial charge is 0.497 e. The molecule has 128 valence electrons. The van der Waals surface area contributed by atoms with Crippen molar-refractivity contribution in [3.63, 3.8) is 0 Å². The number of methoxy groups -OCH3 is 1. The Morgan fingerprint density at radius 1 is 1.12 bits per heavy atom. The molecule has 0 fully saturated rings. The van der Waals surface area contributed by atoms with Crippen LogP contribution in [0.3, 0.4) is 0 Å². The number of rotatable bonds is 5. The van der Waals surface area contributed by atoms with Gasteiger partial charge in [0, 0.05) is 25.3 Å². The Balaban J connectivity index is 2.34. The second-order valence-electron chi connectivity index (χ2n) is 5.45. The van der Waals surface area contributed by atoms with Crippen LogP contribution >= 0.6 is 0 Å². The number of carbonyl (C=O) groups excluding carboxylic acids is 1. The van der Waals surface area contributed by atoms with Gasteiger partial charge in [-0.3, -0.25) is 4.79 Å². The molecule has 0 aromatic heterocycles. The molecule has 0 atom stereocenters. The molecule has 0 bridgehead atoms. The van der Waals surface area contributed by atoms with Crippen LogP contribution in [0.15, 0.2) is 47.4 Å². The van der Waals surface area contributed by atoms with Crippen molar-refractivity contribution in [2.45, 2.75) is 11.8 Å². The van der Waals surface area contributed by atoms with Crippen LogP contribution in [0.5, 0.6) is 5.75 Å². The third-order valence-electron chi connectivity index (χ3n) is 3.57. The Morgan fingerprint density at radius 3 is 2.46 bits per heavy atom. The number of ether oxygens (including phenoxy) is 1. The predicted molar refractivity (Wildman–Crippen MR) is 93.0 cm³/mol. The lowest BCUT2D eigenvalue weighted by atomic mass is 10.1. The molecule has 1 N–H and O–H groups in total. The number of anilines is 1. The summed E-state index contributed by atoms with van der Waals surface area (Å²) in [5.41, 5.74) is 1.64. The van der Waals surface area contributed by atoms with Crippen molar-refractivity contribution >= 4 is 21.6 Å². The summed E-state index contributed by atoms with van der Waals surface area (Å²) >= 11 is 0. The first-order chi connectivity index (χ1) is 11.3. The number of hydrogen-bond donors (Lipinski definition) is 1. The molecule has 2 rings (SSSR count). The van der Waals surface area contributed by atoms with Crippen LogP contribution < -0.4 is 10.1 Å². The molecule has 24 heavy (non-hydrogen) atoms. The number of amides is 1. The average Bonchev–Trinajstić information content (AvgIpc) is 2.56. The maximum absolute atomic E-state index is 12.4. The molecule has 2 aromatic rings. The van der Waals surface area contributed by atoms with Gasteiger partial charge in [-0.1, -0.05) is 12.1 Å². The van der Waals surface area contributed by atoms with E-state index in [9.17, 15) is 13.2 Å². The lowest BCUT2D eigenvalue weighted by molar-refractivity contribution is 0.102.